The Hall–Kier alpha value is -3.45. The summed E-state index contributed by atoms with van der Waals surface area (Å²) in [4.78, 5) is 20.2. The van der Waals surface area contributed by atoms with Gasteiger partial charge in [0.15, 0.2) is 0 Å². The summed E-state index contributed by atoms with van der Waals surface area (Å²) < 4.78 is 8.06. The van der Waals surface area contributed by atoms with Crippen LogP contribution >= 0.6 is 15.9 Å². The second kappa shape index (κ2) is 9.36. The van der Waals surface area contributed by atoms with Crippen LogP contribution in [0.4, 0.5) is 5.69 Å². The first-order valence-corrected chi connectivity index (χ1v) is 11.0. The highest BCUT2D eigenvalue weighted by atomic mass is 79.9. The molecule has 0 saturated carbocycles. The Morgan fingerprint density at radius 1 is 0.969 bits per heavy atom. The van der Waals surface area contributed by atoms with Crippen LogP contribution in [0.2, 0.25) is 0 Å². The van der Waals surface area contributed by atoms with Crippen LogP contribution in [-0.4, -0.2) is 35.5 Å². The van der Waals surface area contributed by atoms with Crippen molar-refractivity contribution < 1.29 is 4.74 Å². The molecule has 2 heterocycles. The third-order valence-corrected chi connectivity index (χ3v) is 5.63. The number of anilines is 1. The van der Waals surface area contributed by atoms with Crippen molar-refractivity contribution in [1.29, 1.82) is 0 Å². The first kappa shape index (κ1) is 21.8. The van der Waals surface area contributed by atoms with Crippen molar-refractivity contribution in [1.82, 2.24) is 14.8 Å². The fraction of sp³-hybridized carbons (Fsp3) is 0.160. The average Bonchev–Trinajstić information content (AvgIpc) is 2.80. The van der Waals surface area contributed by atoms with Crippen molar-refractivity contribution in [2.24, 2.45) is 0 Å². The Balaban J connectivity index is 2.06. The Morgan fingerprint density at radius 2 is 1.75 bits per heavy atom. The summed E-state index contributed by atoms with van der Waals surface area (Å²) >= 11 is 3.56. The van der Waals surface area contributed by atoms with Gasteiger partial charge < -0.3 is 9.64 Å². The van der Waals surface area contributed by atoms with E-state index < -0.39 is 0 Å². The van der Waals surface area contributed by atoms with Gasteiger partial charge in [0.05, 0.1) is 29.2 Å². The minimum atomic E-state index is -0.228. The van der Waals surface area contributed by atoms with Crippen LogP contribution < -0.4 is 15.2 Å². The minimum Gasteiger partial charge on any atom is -0.492 e. The number of halogens is 1. The smallest absolute Gasteiger partial charge is 0.279 e. The minimum absolute atomic E-state index is 0.228. The van der Waals surface area contributed by atoms with E-state index >= 15 is 0 Å². The second-order valence-electron chi connectivity index (χ2n) is 7.31. The summed E-state index contributed by atoms with van der Waals surface area (Å²) in [6.45, 7) is 2.47. The lowest BCUT2D eigenvalue weighted by Crippen LogP contribution is -2.24. The fourth-order valence-corrected chi connectivity index (χ4v) is 4.04. The maximum Gasteiger partial charge on any atom is 0.279 e. The van der Waals surface area contributed by atoms with Crippen molar-refractivity contribution in [2.45, 2.75) is 6.92 Å². The molecule has 0 aliphatic carbocycles. The second-order valence-corrected chi connectivity index (χ2v) is 8.16. The molecule has 0 fully saturated rings. The Bertz CT molecular complexity index is 1300. The standard InChI is InChI=1S/C25H23BrN4O2/c1-4-32-23-14-9-10-17(24(23)29(2)3)18-16-21(20-12-7-8-15-27-20)28-30(25(18)31)22-13-6-5-11-19(22)26/h5-16H,4H2,1-3H3. The number of hydrogen-bond acceptors (Lipinski definition) is 5. The number of benzene rings is 2. The van der Waals surface area contributed by atoms with Gasteiger partial charge in [-0.3, -0.25) is 9.78 Å². The maximum atomic E-state index is 13.7. The van der Waals surface area contributed by atoms with Crippen LogP contribution in [0.3, 0.4) is 0 Å². The molecule has 0 aliphatic rings. The van der Waals surface area contributed by atoms with Crippen LogP contribution in [0.5, 0.6) is 5.75 Å². The number of nitrogens with zero attached hydrogens (tertiary/aromatic N) is 4. The Morgan fingerprint density at radius 3 is 2.44 bits per heavy atom. The molecule has 0 aliphatic heterocycles. The molecule has 0 bridgehead atoms. The van der Waals surface area contributed by atoms with Crippen molar-refractivity contribution in [2.75, 3.05) is 25.6 Å². The van der Waals surface area contributed by atoms with Crippen LogP contribution in [-0.2, 0) is 0 Å². The lowest BCUT2D eigenvalue weighted by Gasteiger charge is -2.22. The van der Waals surface area contributed by atoms with Gasteiger partial charge in [-0.25, -0.2) is 0 Å². The van der Waals surface area contributed by atoms with E-state index in [1.165, 1.54) is 4.68 Å². The van der Waals surface area contributed by atoms with Gasteiger partial charge in [0.1, 0.15) is 11.4 Å². The summed E-state index contributed by atoms with van der Waals surface area (Å²) in [5.74, 6) is 0.720. The van der Waals surface area contributed by atoms with E-state index in [9.17, 15) is 4.79 Å². The molecule has 0 amide bonds. The lowest BCUT2D eigenvalue weighted by atomic mass is 10.0. The molecule has 4 aromatic rings. The zero-order valence-corrected chi connectivity index (χ0v) is 19.7. The van der Waals surface area contributed by atoms with Crippen LogP contribution in [0.15, 0.2) is 82.2 Å². The van der Waals surface area contributed by atoms with Crippen molar-refractivity contribution >= 4 is 21.6 Å². The highest BCUT2D eigenvalue weighted by Gasteiger charge is 2.20. The van der Waals surface area contributed by atoms with E-state index in [-0.39, 0.29) is 5.56 Å². The summed E-state index contributed by atoms with van der Waals surface area (Å²) in [5, 5.41) is 4.66. The molecule has 4 rings (SSSR count). The fourth-order valence-electron chi connectivity index (χ4n) is 3.59. The van der Waals surface area contributed by atoms with Crippen molar-refractivity contribution in [3.05, 3.63) is 87.8 Å². The van der Waals surface area contributed by atoms with Crippen LogP contribution in [0.1, 0.15) is 6.92 Å². The summed E-state index contributed by atoms with van der Waals surface area (Å²) in [5.41, 5.74) is 3.83. The number of ether oxygens (including phenoxy) is 1. The largest absolute Gasteiger partial charge is 0.492 e. The van der Waals surface area contributed by atoms with E-state index in [2.05, 4.69) is 26.0 Å². The molecule has 2 aromatic heterocycles. The number of pyridine rings is 1. The molecule has 0 spiro atoms. The highest BCUT2D eigenvalue weighted by molar-refractivity contribution is 9.10. The van der Waals surface area contributed by atoms with Crippen molar-refractivity contribution in [3.63, 3.8) is 0 Å². The zero-order chi connectivity index (χ0) is 22.7. The molecular weight excluding hydrogens is 468 g/mol. The Kier molecular flexibility index (Phi) is 6.37. The molecule has 32 heavy (non-hydrogen) atoms. The molecule has 7 heteroatoms. The summed E-state index contributed by atoms with van der Waals surface area (Å²) in [6.07, 6.45) is 1.71. The summed E-state index contributed by atoms with van der Waals surface area (Å²) in [6, 6.07) is 20.7. The van der Waals surface area contributed by atoms with E-state index in [4.69, 9.17) is 4.74 Å². The number of hydrogen-bond donors (Lipinski definition) is 0. The molecule has 2 aromatic carbocycles. The molecule has 162 valence electrons. The van der Waals surface area contributed by atoms with Gasteiger partial charge in [-0.15, -0.1) is 0 Å². The SMILES string of the molecule is CCOc1cccc(-c2cc(-c3ccccn3)nn(-c3ccccc3Br)c2=O)c1N(C)C. The first-order valence-electron chi connectivity index (χ1n) is 10.3. The molecular formula is C25H23BrN4O2. The van der Waals surface area contributed by atoms with Gasteiger partial charge in [0, 0.05) is 30.3 Å². The van der Waals surface area contributed by atoms with Crippen molar-refractivity contribution in [3.8, 4) is 34.0 Å². The van der Waals surface area contributed by atoms with Gasteiger partial charge in [0.2, 0.25) is 0 Å². The van der Waals surface area contributed by atoms with Gasteiger partial charge in [-0.1, -0.05) is 30.3 Å². The third-order valence-electron chi connectivity index (χ3n) is 4.96. The quantitative estimate of drug-likeness (QED) is 0.372. The monoisotopic (exact) mass is 490 g/mol. The van der Waals surface area contributed by atoms with Crippen LogP contribution in [0.25, 0.3) is 28.2 Å². The maximum absolute atomic E-state index is 13.7. The first-order chi connectivity index (χ1) is 15.5. The normalized spacial score (nSPS) is 10.8. The topological polar surface area (TPSA) is 60.3 Å². The van der Waals surface area contributed by atoms with Gasteiger partial charge >= 0.3 is 0 Å². The van der Waals surface area contributed by atoms with Gasteiger partial charge in [-0.2, -0.15) is 9.78 Å². The predicted molar refractivity (Wildman–Crippen MR) is 132 cm³/mol. The lowest BCUT2D eigenvalue weighted by molar-refractivity contribution is 0.341. The van der Waals surface area contributed by atoms with E-state index in [0.717, 1.165) is 21.5 Å². The average molecular weight is 491 g/mol. The summed E-state index contributed by atoms with van der Waals surface area (Å²) in [7, 11) is 3.88. The Labute approximate surface area is 195 Å². The molecule has 0 radical (unpaired) electrons. The predicted octanol–water partition coefficient (Wildman–Crippen LogP) is 5.19. The molecule has 0 atom stereocenters. The number of aromatic nitrogens is 3. The van der Waals surface area contributed by atoms with E-state index in [0.29, 0.717) is 29.2 Å². The van der Waals surface area contributed by atoms with Gasteiger partial charge in [-0.05, 0) is 59.3 Å². The molecule has 0 saturated heterocycles. The third kappa shape index (κ3) is 4.16. The molecule has 0 unspecified atom stereocenters. The van der Waals surface area contributed by atoms with Crippen LogP contribution in [0, 0.1) is 0 Å². The molecule has 6 nitrogen and oxygen atoms in total. The van der Waals surface area contributed by atoms with E-state index in [1.807, 2.05) is 86.6 Å². The highest BCUT2D eigenvalue weighted by Crippen LogP contribution is 2.37. The zero-order valence-electron chi connectivity index (χ0n) is 18.1. The molecule has 0 N–H and O–H groups in total. The number of para-hydroxylation sites is 2. The van der Waals surface area contributed by atoms with E-state index in [1.54, 1.807) is 12.3 Å². The number of rotatable bonds is 6. The van der Waals surface area contributed by atoms with Gasteiger partial charge in [0.25, 0.3) is 5.56 Å².